The van der Waals surface area contributed by atoms with Gasteiger partial charge in [0.25, 0.3) is 0 Å². The Morgan fingerprint density at radius 1 is 0.210 bits per heavy atom. The van der Waals surface area contributed by atoms with Gasteiger partial charge >= 0.3 is 0 Å². The minimum Gasteiger partial charge on any atom is -0.228 e. The molecule has 0 saturated heterocycles. The zero-order valence-corrected chi connectivity index (χ0v) is 33.6. The fraction of sp³-hybridized carbons (Fsp3) is 0. The quantitative estimate of drug-likeness (QED) is 0.168. The van der Waals surface area contributed by atoms with Crippen molar-refractivity contribution in [3.8, 4) is 67.8 Å². The highest BCUT2D eigenvalue weighted by Gasteiger charge is 2.18. The Morgan fingerprint density at radius 3 is 0.887 bits per heavy atom. The highest BCUT2D eigenvalue weighted by molar-refractivity contribution is 6.04. The van der Waals surface area contributed by atoms with Crippen LogP contribution in [0.2, 0.25) is 0 Å². The molecule has 0 aliphatic rings. The lowest BCUT2D eigenvalue weighted by molar-refractivity contribution is 1.18. The molecule has 10 aromatic carbocycles. The molecule has 4 nitrogen and oxygen atoms in total. The molecule has 12 aromatic rings. The first-order chi connectivity index (χ1) is 30.7. The highest BCUT2D eigenvalue weighted by atomic mass is 14.9. The molecule has 0 aliphatic heterocycles. The van der Waals surface area contributed by atoms with E-state index in [1.165, 1.54) is 32.3 Å². The van der Waals surface area contributed by atoms with E-state index in [1.807, 2.05) is 0 Å². The first-order valence-electron chi connectivity index (χ1n) is 20.9. The van der Waals surface area contributed by atoms with E-state index in [0.717, 1.165) is 77.7 Å². The van der Waals surface area contributed by atoms with Gasteiger partial charge in [-0.25, -0.2) is 19.9 Å². The summed E-state index contributed by atoms with van der Waals surface area (Å²) in [6, 6.07) is 77.1. The second-order valence-electron chi connectivity index (χ2n) is 15.9. The minimum atomic E-state index is 0.681. The molecule has 0 bridgehead atoms. The fourth-order valence-corrected chi connectivity index (χ4v) is 8.84. The van der Waals surface area contributed by atoms with Crippen molar-refractivity contribution in [3.05, 3.63) is 218 Å². The van der Waals surface area contributed by atoms with E-state index in [2.05, 4.69) is 218 Å². The van der Waals surface area contributed by atoms with Crippen LogP contribution in [0.3, 0.4) is 0 Å². The highest BCUT2D eigenvalue weighted by Crippen LogP contribution is 2.38. The van der Waals surface area contributed by atoms with Crippen molar-refractivity contribution in [1.82, 2.24) is 19.9 Å². The Bertz CT molecular complexity index is 3280. The lowest BCUT2D eigenvalue weighted by atomic mass is 9.95. The summed E-state index contributed by atoms with van der Waals surface area (Å²) >= 11 is 0. The molecule has 0 aliphatic carbocycles. The smallest absolute Gasteiger partial charge is 0.160 e. The van der Waals surface area contributed by atoms with E-state index in [0.29, 0.717) is 11.6 Å². The Balaban J connectivity index is 1.05. The summed E-state index contributed by atoms with van der Waals surface area (Å²) in [6.45, 7) is 0. The van der Waals surface area contributed by atoms with E-state index in [9.17, 15) is 0 Å². The molecule has 288 valence electrons. The maximum absolute atomic E-state index is 5.34. The summed E-state index contributed by atoms with van der Waals surface area (Å²) in [7, 11) is 0. The van der Waals surface area contributed by atoms with Crippen LogP contribution < -0.4 is 0 Å². The van der Waals surface area contributed by atoms with Gasteiger partial charge in [0.1, 0.15) is 0 Å². The Kier molecular flexibility index (Phi) is 8.46. The van der Waals surface area contributed by atoms with Gasteiger partial charge in [-0.15, -0.1) is 0 Å². The van der Waals surface area contributed by atoms with Crippen molar-refractivity contribution in [2.24, 2.45) is 0 Å². The molecule has 0 saturated carbocycles. The predicted molar refractivity (Wildman–Crippen MR) is 258 cm³/mol. The maximum atomic E-state index is 5.34. The number of benzene rings is 10. The van der Waals surface area contributed by atoms with Gasteiger partial charge in [-0.3, -0.25) is 0 Å². The van der Waals surface area contributed by atoms with Crippen molar-refractivity contribution < 1.29 is 0 Å². The van der Waals surface area contributed by atoms with Crippen molar-refractivity contribution >= 4 is 53.9 Å². The van der Waals surface area contributed by atoms with Gasteiger partial charge in [-0.2, -0.15) is 0 Å². The van der Waals surface area contributed by atoms with Gasteiger partial charge in [0.05, 0.1) is 22.8 Å². The van der Waals surface area contributed by atoms with E-state index >= 15 is 0 Å². The molecule has 0 radical (unpaired) electrons. The van der Waals surface area contributed by atoms with E-state index in [-0.39, 0.29) is 0 Å². The predicted octanol–water partition coefficient (Wildman–Crippen LogP) is 15.0. The van der Waals surface area contributed by atoms with Gasteiger partial charge < -0.3 is 0 Å². The number of nitrogens with zero attached hydrogens (tertiary/aromatic N) is 4. The first kappa shape index (κ1) is 35.6. The van der Waals surface area contributed by atoms with Gasteiger partial charge in [0.2, 0.25) is 0 Å². The molecule has 0 amide bonds. The van der Waals surface area contributed by atoms with Crippen LogP contribution in [0.4, 0.5) is 0 Å². The molecule has 2 heterocycles. The molecule has 0 fully saturated rings. The van der Waals surface area contributed by atoms with Gasteiger partial charge in [-0.05, 0) is 90.3 Å². The molecular weight excluding hydrogens is 753 g/mol. The normalized spacial score (nSPS) is 11.5. The van der Waals surface area contributed by atoms with Crippen molar-refractivity contribution in [2.75, 3.05) is 0 Å². The lowest BCUT2D eigenvalue weighted by Gasteiger charge is -2.15. The van der Waals surface area contributed by atoms with Crippen LogP contribution in [0.5, 0.6) is 0 Å². The third-order valence-corrected chi connectivity index (χ3v) is 12.0. The largest absolute Gasteiger partial charge is 0.228 e. The van der Waals surface area contributed by atoms with Crippen LogP contribution in [0.25, 0.3) is 122 Å². The zero-order chi connectivity index (χ0) is 41.0. The van der Waals surface area contributed by atoms with Crippen LogP contribution >= 0.6 is 0 Å². The van der Waals surface area contributed by atoms with Crippen LogP contribution in [0.15, 0.2) is 218 Å². The number of hydrogen-bond acceptors (Lipinski definition) is 4. The van der Waals surface area contributed by atoms with Crippen molar-refractivity contribution in [2.45, 2.75) is 0 Å². The second kappa shape index (κ2) is 14.7. The summed E-state index contributed by atoms with van der Waals surface area (Å²) in [5.41, 5.74) is 9.51. The lowest BCUT2D eigenvalue weighted by Crippen LogP contribution is -1.98. The summed E-state index contributed by atoms with van der Waals surface area (Å²) in [4.78, 5) is 21.2. The summed E-state index contributed by atoms with van der Waals surface area (Å²) < 4.78 is 0. The van der Waals surface area contributed by atoms with Crippen LogP contribution in [-0.4, -0.2) is 19.9 Å². The summed E-state index contributed by atoms with van der Waals surface area (Å²) in [5.74, 6) is 1.36. The fourth-order valence-electron chi connectivity index (χ4n) is 8.84. The molecular formula is C58H36N4. The van der Waals surface area contributed by atoms with E-state index in [4.69, 9.17) is 19.9 Å². The molecule has 0 unspecified atom stereocenters. The first-order valence-corrected chi connectivity index (χ1v) is 20.9. The Labute approximate surface area is 358 Å². The average Bonchev–Trinajstić information content (AvgIpc) is 3.35. The van der Waals surface area contributed by atoms with Gasteiger partial charge in [0, 0.05) is 33.4 Å². The van der Waals surface area contributed by atoms with Crippen molar-refractivity contribution in [3.63, 3.8) is 0 Å². The van der Waals surface area contributed by atoms with Crippen LogP contribution in [0, 0.1) is 0 Å². The molecule has 0 atom stereocenters. The maximum Gasteiger partial charge on any atom is 0.160 e. The molecule has 2 aromatic heterocycles. The van der Waals surface area contributed by atoms with Crippen LogP contribution in [-0.2, 0) is 0 Å². The Morgan fingerprint density at radius 2 is 0.516 bits per heavy atom. The minimum absolute atomic E-state index is 0.681. The Hall–Kier alpha value is -8.34. The number of aromatic nitrogens is 4. The van der Waals surface area contributed by atoms with Crippen LogP contribution in [0.1, 0.15) is 0 Å². The van der Waals surface area contributed by atoms with E-state index in [1.54, 1.807) is 0 Å². The monoisotopic (exact) mass is 788 g/mol. The topological polar surface area (TPSA) is 51.6 Å². The number of rotatable bonds is 6. The number of hydrogen-bond donors (Lipinski definition) is 0. The molecule has 0 N–H and O–H groups in total. The summed E-state index contributed by atoms with van der Waals surface area (Å²) in [5, 5.41) is 11.5. The van der Waals surface area contributed by atoms with Crippen molar-refractivity contribution in [1.29, 1.82) is 0 Å². The average molecular weight is 789 g/mol. The summed E-state index contributed by atoms with van der Waals surface area (Å²) in [6.07, 6.45) is 0. The molecule has 62 heavy (non-hydrogen) atoms. The SMILES string of the molecule is c1ccc2cc(-c3cc(-c4cccc5c(-c6cc(-c7ccc8ccccc8c7)nc(-c7ccc8ccccc8c7)n6)cccc45)nc(-c4ccc5ccccc5c4)n3)ccc2c1. The standard InChI is InChI=1S/C58H36N4/c1-5-15-41-31-45(27-23-37(41)11-1)53-35-55(61-57(59-53)47-29-25-39-13-3-7-17-43(39)33-47)51-21-9-20-50-49(51)19-10-22-52(50)56-36-54(46-28-24-38-12-2-6-16-42(38)32-46)60-58(62-56)48-30-26-40-14-4-8-18-44(40)34-48/h1-36H. The van der Waals surface area contributed by atoms with Gasteiger partial charge in [-0.1, -0.05) is 182 Å². The second-order valence-corrected chi connectivity index (χ2v) is 15.9. The molecule has 12 rings (SSSR count). The third kappa shape index (κ3) is 6.42. The third-order valence-electron chi connectivity index (χ3n) is 12.0. The van der Waals surface area contributed by atoms with Gasteiger partial charge in [0.15, 0.2) is 11.6 Å². The zero-order valence-electron chi connectivity index (χ0n) is 33.6. The molecule has 0 spiro atoms. The molecule has 4 heteroatoms. The van der Waals surface area contributed by atoms with E-state index < -0.39 is 0 Å². The number of fused-ring (bicyclic) bond motifs is 5.